The van der Waals surface area contributed by atoms with Crippen LogP contribution in [0.3, 0.4) is 0 Å². The second-order valence-electron chi connectivity index (χ2n) is 7.69. The van der Waals surface area contributed by atoms with E-state index >= 15 is 0 Å². The van der Waals surface area contributed by atoms with Gasteiger partial charge in [-0.2, -0.15) is 0 Å². The van der Waals surface area contributed by atoms with E-state index < -0.39 is 0 Å². The molecular formula is C22H19Br2ClN2O3. The average molecular weight is 555 g/mol. The van der Waals surface area contributed by atoms with E-state index in [1.807, 2.05) is 13.0 Å². The number of imide groups is 1. The summed E-state index contributed by atoms with van der Waals surface area (Å²) >= 11 is 13.2. The van der Waals surface area contributed by atoms with Crippen molar-refractivity contribution in [2.75, 3.05) is 10.2 Å². The Labute approximate surface area is 196 Å². The van der Waals surface area contributed by atoms with Gasteiger partial charge in [0.15, 0.2) is 0 Å². The summed E-state index contributed by atoms with van der Waals surface area (Å²) in [6.07, 6.45) is 1.25. The van der Waals surface area contributed by atoms with Crippen molar-refractivity contribution >= 4 is 72.6 Å². The standard InChI is InChI=1S/C22H19Br2ClN2O3/c1-11-2-5-13(25)8-19(11)26-20(28)12-3-6-14(7-4-12)27-21(29)15-9-17(23)18(24)10-16(15)22(27)30/h2-8,15-18H,9-10H2,1H3,(H,26,28)/t15-,16-,17+,18+/m1/s1. The molecule has 1 saturated heterocycles. The molecule has 1 aliphatic carbocycles. The van der Waals surface area contributed by atoms with Crippen LogP contribution in [0.25, 0.3) is 0 Å². The van der Waals surface area contributed by atoms with Gasteiger partial charge in [-0.15, -0.1) is 0 Å². The van der Waals surface area contributed by atoms with E-state index in [2.05, 4.69) is 37.2 Å². The number of alkyl halides is 2. The molecule has 0 aromatic heterocycles. The van der Waals surface area contributed by atoms with Gasteiger partial charge in [0.05, 0.1) is 17.5 Å². The van der Waals surface area contributed by atoms with Crippen LogP contribution in [0.5, 0.6) is 0 Å². The Balaban J connectivity index is 1.52. The SMILES string of the molecule is Cc1ccc(Cl)cc1NC(=O)c1ccc(N2C(=O)[C@@H]3C[C@H](Br)[C@@H](Br)C[C@H]3C2=O)cc1. The minimum atomic E-state index is -0.301. The topological polar surface area (TPSA) is 66.5 Å². The molecule has 0 spiro atoms. The number of hydrogen-bond acceptors (Lipinski definition) is 3. The van der Waals surface area contributed by atoms with Gasteiger partial charge in [0, 0.05) is 25.9 Å². The molecule has 2 fully saturated rings. The summed E-state index contributed by atoms with van der Waals surface area (Å²) < 4.78 is 0. The van der Waals surface area contributed by atoms with Crippen LogP contribution in [0.1, 0.15) is 28.8 Å². The molecule has 2 aliphatic rings. The van der Waals surface area contributed by atoms with Crippen molar-refractivity contribution in [1.82, 2.24) is 0 Å². The van der Waals surface area contributed by atoms with Crippen LogP contribution in [0.4, 0.5) is 11.4 Å². The average Bonchev–Trinajstić information content (AvgIpc) is 2.95. The number of amides is 3. The highest BCUT2D eigenvalue weighted by Gasteiger charge is 2.52. The van der Waals surface area contributed by atoms with Crippen LogP contribution in [0, 0.1) is 18.8 Å². The van der Waals surface area contributed by atoms with E-state index in [1.165, 1.54) is 4.90 Å². The van der Waals surface area contributed by atoms with Crippen molar-refractivity contribution in [1.29, 1.82) is 0 Å². The number of nitrogens with one attached hydrogen (secondary N) is 1. The second-order valence-corrected chi connectivity index (χ2v) is 10.5. The fraction of sp³-hybridized carbons (Fsp3) is 0.318. The van der Waals surface area contributed by atoms with Crippen molar-refractivity contribution in [2.24, 2.45) is 11.8 Å². The summed E-state index contributed by atoms with van der Waals surface area (Å²) in [6, 6.07) is 11.8. The predicted molar refractivity (Wildman–Crippen MR) is 125 cm³/mol. The first-order valence-corrected chi connectivity index (χ1v) is 11.8. The summed E-state index contributed by atoms with van der Waals surface area (Å²) in [5.41, 5.74) is 2.46. The highest BCUT2D eigenvalue weighted by molar-refractivity contribution is 9.12. The highest BCUT2D eigenvalue weighted by Crippen LogP contribution is 2.44. The summed E-state index contributed by atoms with van der Waals surface area (Å²) in [7, 11) is 0. The van der Waals surface area contributed by atoms with Crippen molar-refractivity contribution < 1.29 is 14.4 Å². The highest BCUT2D eigenvalue weighted by atomic mass is 79.9. The maximum atomic E-state index is 12.9. The minimum Gasteiger partial charge on any atom is -0.322 e. The minimum absolute atomic E-state index is 0.163. The second kappa shape index (κ2) is 8.44. The molecular weight excluding hydrogens is 536 g/mol. The Morgan fingerprint density at radius 1 is 1.00 bits per heavy atom. The van der Waals surface area contributed by atoms with E-state index in [9.17, 15) is 14.4 Å². The van der Waals surface area contributed by atoms with E-state index in [1.54, 1.807) is 36.4 Å². The van der Waals surface area contributed by atoms with Crippen LogP contribution in [0.2, 0.25) is 5.02 Å². The van der Waals surface area contributed by atoms with Gasteiger partial charge in [0.25, 0.3) is 5.91 Å². The lowest BCUT2D eigenvalue weighted by molar-refractivity contribution is -0.122. The molecule has 2 aromatic carbocycles. The summed E-state index contributed by atoms with van der Waals surface area (Å²) in [5, 5.41) is 3.38. The molecule has 1 heterocycles. The van der Waals surface area contributed by atoms with E-state index in [-0.39, 0.29) is 39.2 Å². The molecule has 5 nitrogen and oxygen atoms in total. The van der Waals surface area contributed by atoms with Crippen molar-refractivity contribution in [2.45, 2.75) is 29.4 Å². The number of hydrogen-bond donors (Lipinski definition) is 1. The third-order valence-electron chi connectivity index (χ3n) is 5.75. The first kappa shape index (κ1) is 21.5. The fourth-order valence-electron chi connectivity index (χ4n) is 4.03. The normalized spacial score (nSPS) is 25.9. The molecule has 0 bridgehead atoms. The number of halogens is 3. The van der Waals surface area contributed by atoms with Crippen molar-refractivity contribution in [3.05, 3.63) is 58.6 Å². The lowest BCUT2D eigenvalue weighted by atomic mass is 9.81. The van der Waals surface area contributed by atoms with Crippen LogP contribution >= 0.6 is 43.5 Å². The Bertz CT molecular complexity index is 1000. The summed E-state index contributed by atoms with van der Waals surface area (Å²) in [5.74, 6) is -1.22. The zero-order chi connectivity index (χ0) is 21.6. The fourth-order valence-corrected chi connectivity index (χ4v) is 5.44. The number of fused-ring (bicyclic) bond motifs is 1. The van der Waals surface area contributed by atoms with Crippen LogP contribution in [-0.4, -0.2) is 27.4 Å². The first-order chi connectivity index (χ1) is 14.3. The zero-order valence-electron chi connectivity index (χ0n) is 16.1. The van der Waals surface area contributed by atoms with Gasteiger partial charge in [-0.3, -0.25) is 19.3 Å². The largest absolute Gasteiger partial charge is 0.322 e. The van der Waals surface area contributed by atoms with E-state index in [0.29, 0.717) is 34.8 Å². The monoisotopic (exact) mass is 552 g/mol. The number of aryl methyl sites for hydroxylation is 1. The number of rotatable bonds is 3. The molecule has 2 aromatic rings. The van der Waals surface area contributed by atoms with E-state index in [4.69, 9.17) is 11.6 Å². The van der Waals surface area contributed by atoms with Crippen LogP contribution < -0.4 is 10.2 Å². The summed E-state index contributed by atoms with van der Waals surface area (Å²) in [6.45, 7) is 1.88. The molecule has 4 rings (SSSR count). The lowest BCUT2D eigenvalue weighted by Gasteiger charge is -2.29. The first-order valence-electron chi connectivity index (χ1n) is 9.60. The smallest absolute Gasteiger partial charge is 0.255 e. The molecule has 4 atom stereocenters. The van der Waals surface area contributed by atoms with Crippen LogP contribution in [0.15, 0.2) is 42.5 Å². The van der Waals surface area contributed by atoms with Gasteiger partial charge in [-0.25, -0.2) is 0 Å². The predicted octanol–water partition coefficient (Wildman–Crippen LogP) is 5.33. The maximum Gasteiger partial charge on any atom is 0.255 e. The molecule has 30 heavy (non-hydrogen) atoms. The number of carbonyl (C=O) groups excluding carboxylic acids is 3. The van der Waals surface area contributed by atoms with Gasteiger partial charge in [-0.05, 0) is 61.7 Å². The number of anilines is 2. The number of carbonyl (C=O) groups is 3. The molecule has 8 heteroatoms. The zero-order valence-corrected chi connectivity index (χ0v) is 20.0. The Hall–Kier alpha value is -1.70. The van der Waals surface area contributed by atoms with Gasteiger partial charge in [0.2, 0.25) is 11.8 Å². The Kier molecular flexibility index (Phi) is 6.06. The van der Waals surface area contributed by atoms with Gasteiger partial charge in [-0.1, -0.05) is 49.5 Å². The Morgan fingerprint density at radius 2 is 1.57 bits per heavy atom. The number of nitrogens with zero attached hydrogens (tertiary/aromatic N) is 1. The molecule has 0 radical (unpaired) electrons. The quantitative estimate of drug-likeness (QED) is 0.412. The molecule has 1 aliphatic heterocycles. The lowest BCUT2D eigenvalue weighted by Crippen LogP contribution is -2.34. The van der Waals surface area contributed by atoms with Crippen molar-refractivity contribution in [3.63, 3.8) is 0 Å². The van der Waals surface area contributed by atoms with Crippen LogP contribution in [-0.2, 0) is 9.59 Å². The molecule has 3 amide bonds. The maximum absolute atomic E-state index is 12.9. The van der Waals surface area contributed by atoms with E-state index in [0.717, 1.165) is 5.56 Å². The molecule has 1 saturated carbocycles. The third kappa shape index (κ3) is 3.95. The Morgan fingerprint density at radius 3 is 2.13 bits per heavy atom. The van der Waals surface area contributed by atoms with Gasteiger partial charge < -0.3 is 5.32 Å². The van der Waals surface area contributed by atoms with Gasteiger partial charge >= 0.3 is 0 Å². The summed E-state index contributed by atoms with van der Waals surface area (Å²) in [4.78, 5) is 40.0. The molecule has 1 N–H and O–H groups in total. The van der Waals surface area contributed by atoms with Crippen molar-refractivity contribution in [3.8, 4) is 0 Å². The van der Waals surface area contributed by atoms with Gasteiger partial charge in [0.1, 0.15) is 0 Å². The molecule has 156 valence electrons. The number of benzene rings is 2. The third-order valence-corrected chi connectivity index (χ3v) is 8.72. The molecule has 0 unspecified atom stereocenters.